The van der Waals surface area contributed by atoms with Crippen molar-refractivity contribution < 1.29 is 27.1 Å². The van der Waals surface area contributed by atoms with Crippen molar-refractivity contribution in [1.29, 1.82) is 0 Å². The van der Waals surface area contributed by atoms with Gasteiger partial charge in [0.2, 0.25) is 0 Å². The molecule has 9 nitrogen and oxygen atoms in total. The number of hydrogen-bond acceptors (Lipinski definition) is 6. The van der Waals surface area contributed by atoms with Gasteiger partial charge in [-0.2, -0.15) is 18.3 Å². The zero-order valence-corrected chi connectivity index (χ0v) is 28.9. The molecule has 268 valence electrons. The number of rotatable bonds is 6. The molecular weight excluding hydrogens is 662 g/mol. The number of likely N-dealkylation sites (N-methyl/N-ethyl adjacent to an activating group) is 1. The number of aryl methyl sites for hydroxylation is 2. The molecule has 1 fully saturated rings. The third-order valence-corrected chi connectivity index (χ3v) is 10.1. The van der Waals surface area contributed by atoms with E-state index in [1.807, 2.05) is 44.3 Å². The maximum absolute atomic E-state index is 15.4. The molecule has 51 heavy (non-hydrogen) atoms. The van der Waals surface area contributed by atoms with Crippen LogP contribution in [-0.4, -0.2) is 74.8 Å². The summed E-state index contributed by atoms with van der Waals surface area (Å²) in [5, 5.41) is 7.00. The molecule has 0 spiro atoms. The fourth-order valence-corrected chi connectivity index (χ4v) is 7.15. The molecule has 1 atom stereocenters. The summed E-state index contributed by atoms with van der Waals surface area (Å²) in [6.07, 6.45) is 5.10. The molecule has 4 heterocycles. The summed E-state index contributed by atoms with van der Waals surface area (Å²) in [5.41, 5.74) is 4.66. The maximum Gasteiger partial charge on any atom is 0.416 e. The number of fused-ring (bicyclic) bond motifs is 2. The van der Waals surface area contributed by atoms with Crippen molar-refractivity contribution in [3.05, 3.63) is 99.9 Å². The first-order valence-electron chi connectivity index (χ1n) is 17.3. The number of alkyl halides is 3. The summed E-state index contributed by atoms with van der Waals surface area (Å²) in [6, 6.07) is 8.81. The monoisotopic (exact) mass is 703 g/mol. The average Bonchev–Trinajstić information content (AvgIpc) is 3.41. The fourth-order valence-electron chi connectivity index (χ4n) is 7.15. The highest BCUT2D eigenvalue weighted by Gasteiger charge is 2.35. The van der Waals surface area contributed by atoms with E-state index >= 15 is 4.39 Å². The van der Waals surface area contributed by atoms with Crippen LogP contribution in [0.4, 0.5) is 28.0 Å². The van der Waals surface area contributed by atoms with Gasteiger partial charge in [-0.1, -0.05) is 12.1 Å². The van der Waals surface area contributed by atoms with E-state index in [1.54, 1.807) is 27.9 Å². The van der Waals surface area contributed by atoms with Gasteiger partial charge in [0.25, 0.3) is 0 Å². The second-order valence-corrected chi connectivity index (χ2v) is 13.8. The molecule has 1 N–H and O–H groups in total. The van der Waals surface area contributed by atoms with Crippen molar-refractivity contribution in [3.63, 3.8) is 0 Å². The number of carbonyl (C=O) groups excluding carboxylic acids is 1. The lowest BCUT2D eigenvalue weighted by Gasteiger charge is -2.35. The van der Waals surface area contributed by atoms with Crippen LogP contribution in [-0.2, 0) is 39.2 Å². The lowest BCUT2D eigenvalue weighted by molar-refractivity contribution is -0.138. The minimum Gasteiger partial charge on any atom is -0.454 e. The van der Waals surface area contributed by atoms with Gasteiger partial charge in [-0.3, -0.25) is 14.6 Å². The second-order valence-electron chi connectivity index (χ2n) is 13.8. The van der Waals surface area contributed by atoms with Gasteiger partial charge < -0.3 is 19.9 Å². The van der Waals surface area contributed by atoms with E-state index in [0.29, 0.717) is 37.2 Å². The van der Waals surface area contributed by atoms with E-state index in [2.05, 4.69) is 20.3 Å². The lowest BCUT2D eigenvalue weighted by Crippen LogP contribution is -2.45. The molecule has 3 aliphatic rings. The highest BCUT2D eigenvalue weighted by molar-refractivity contribution is 5.90. The molecule has 7 rings (SSSR count). The number of halogens is 4. The molecule has 4 aromatic rings. The summed E-state index contributed by atoms with van der Waals surface area (Å²) < 4.78 is 66.0. The average molecular weight is 704 g/mol. The normalized spacial score (nSPS) is 18.5. The predicted octanol–water partition coefficient (Wildman–Crippen LogP) is 7.37. The number of allylic oxidation sites excluding steroid dienone is 1. The van der Waals surface area contributed by atoms with Crippen molar-refractivity contribution in [2.75, 3.05) is 38.5 Å². The Morgan fingerprint density at radius 1 is 1.02 bits per heavy atom. The van der Waals surface area contributed by atoms with E-state index in [1.165, 1.54) is 18.3 Å². The summed E-state index contributed by atoms with van der Waals surface area (Å²) >= 11 is 0. The van der Waals surface area contributed by atoms with Crippen molar-refractivity contribution >= 4 is 23.4 Å². The number of carbonyl (C=O) groups is 1. The Morgan fingerprint density at radius 3 is 2.57 bits per heavy atom. The number of anilines is 1. The number of benzene rings is 2. The standard InChI is InChI=1S/C38H41F4N7O2/c1-24-15-26-8-10-31(51-36-32-17-25(29-19-44-47(3)21-29)5-4-6-35(32)43-20-34(36)39)16-28(26)23-49(24)37(50)45-30-9-7-27(33(18-30)38(40,41)42)22-48-13-11-46(2)12-14-48/h7-10,16-21,24H,4-6,11-15,22-23H2,1-3H3,(H,45,50)/t24-/m1/s1. The van der Waals surface area contributed by atoms with Crippen LogP contribution < -0.4 is 10.1 Å². The third-order valence-electron chi connectivity index (χ3n) is 10.1. The Balaban J connectivity index is 1.09. The quantitative estimate of drug-likeness (QED) is 0.212. The van der Waals surface area contributed by atoms with Gasteiger partial charge in [-0.15, -0.1) is 0 Å². The van der Waals surface area contributed by atoms with Gasteiger partial charge in [0, 0.05) is 75.4 Å². The molecule has 0 saturated carbocycles. The maximum atomic E-state index is 15.4. The third kappa shape index (κ3) is 7.64. The van der Waals surface area contributed by atoms with Crippen LogP contribution in [0.3, 0.4) is 0 Å². The van der Waals surface area contributed by atoms with Crippen LogP contribution >= 0.6 is 0 Å². The van der Waals surface area contributed by atoms with Gasteiger partial charge in [0.1, 0.15) is 5.75 Å². The number of nitrogens with zero attached hydrogens (tertiary/aromatic N) is 6. The van der Waals surface area contributed by atoms with Crippen LogP contribution in [0, 0.1) is 5.82 Å². The molecule has 2 aliphatic heterocycles. The SMILES string of the molecule is C[C@@H]1Cc2ccc(Oc3c(F)cnc4c3C=C(c3cnn(C)c3)CCC4)cc2CN1C(=O)Nc1ccc(CN2CCN(C)CC2)c(C(F)(F)F)c1. The molecule has 2 aromatic carbocycles. The molecule has 2 aromatic heterocycles. The molecule has 13 heteroatoms. The number of hydrogen-bond donors (Lipinski definition) is 1. The van der Waals surface area contributed by atoms with E-state index in [9.17, 15) is 18.0 Å². The molecule has 2 amide bonds. The van der Waals surface area contributed by atoms with Crippen LogP contribution in [0.1, 0.15) is 58.8 Å². The lowest BCUT2D eigenvalue weighted by atomic mass is 9.95. The topological polar surface area (TPSA) is 78.8 Å². The summed E-state index contributed by atoms with van der Waals surface area (Å²) in [6.45, 7) is 5.28. The first-order chi connectivity index (χ1) is 24.4. The Labute approximate surface area is 294 Å². The van der Waals surface area contributed by atoms with Crippen LogP contribution in [0.15, 0.2) is 55.0 Å². The first kappa shape index (κ1) is 34.7. The molecule has 0 radical (unpaired) electrons. The fraction of sp³-hybridized carbons (Fsp3) is 0.395. The van der Waals surface area contributed by atoms with Crippen LogP contribution in [0.25, 0.3) is 11.6 Å². The van der Waals surface area contributed by atoms with Crippen molar-refractivity contribution in [2.24, 2.45) is 7.05 Å². The summed E-state index contributed by atoms with van der Waals surface area (Å²) in [5.74, 6) is -0.0987. The van der Waals surface area contributed by atoms with E-state index in [0.717, 1.165) is 60.0 Å². The highest BCUT2D eigenvalue weighted by atomic mass is 19.4. The molecule has 1 aliphatic carbocycles. The first-order valence-corrected chi connectivity index (χ1v) is 17.3. The van der Waals surface area contributed by atoms with E-state index < -0.39 is 23.6 Å². The number of ether oxygens (including phenoxy) is 1. The molecule has 0 unspecified atom stereocenters. The Morgan fingerprint density at radius 2 is 1.82 bits per heavy atom. The number of urea groups is 1. The van der Waals surface area contributed by atoms with Crippen molar-refractivity contribution in [1.82, 2.24) is 29.5 Å². The van der Waals surface area contributed by atoms with E-state index in [4.69, 9.17) is 4.74 Å². The Hall–Kier alpha value is -4.75. The van der Waals surface area contributed by atoms with Gasteiger partial charge in [0.15, 0.2) is 11.6 Å². The summed E-state index contributed by atoms with van der Waals surface area (Å²) in [7, 11) is 3.85. The number of aromatic nitrogens is 3. The Bertz CT molecular complexity index is 1970. The zero-order chi connectivity index (χ0) is 35.9. The summed E-state index contributed by atoms with van der Waals surface area (Å²) in [4.78, 5) is 23.7. The minimum atomic E-state index is -4.57. The zero-order valence-electron chi connectivity index (χ0n) is 28.9. The molecule has 1 saturated heterocycles. The number of piperazine rings is 1. The van der Waals surface area contributed by atoms with Gasteiger partial charge in [0.05, 0.1) is 23.7 Å². The molecule has 0 bridgehead atoms. The largest absolute Gasteiger partial charge is 0.454 e. The van der Waals surface area contributed by atoms with E-state index in [-0.39, 0.29) is 36.1 Å². The van der Waals surface area contributed by atoms with Gasteiger partial charge >= 0.3 is 12.2 Å². The molecular formula is C38H41F4N7O2. The minimum absolute atomic E-state index is 0.0806. The second kappa shape index (κ2) is 14.1. The van der Waals surface area contributed by atoms with Gasteiger partial charge in [-0.25, -0.2) is 9.18 Å². The number of amides is 2. The van der Waals surface area contributed by atoms with Crippen LogP contribution in [0.2, 0.25) is 0 Å². The van der Waals surface area contributed by atoms with Gasteiger partial charge in [-0.05, 0) is 92.3 Å². The number of nitrogens with one attached hydrogen (secondary N) is 1. The highest BCUT2D eigenvalue weighted by Crippen LogP contribution is 2.39. The van der Waals surface area contributed by atoms with Crippen molar-refractivity contribution in [3.8, 4) is 11.5 Å². The smallest absolute Gasteiger partial charge is 0.416 e. The van der Waals surface area contributed by atoms with Crippen molar-refractivity contribution in [2.45, 2.75) is 57.9 Å². The Kier molecular flexibility index (Phi) is 9.60. The van der Waals surface area contributed by atoms with Crippen LogP contribution in [0.5, 0.6) is 11.5 Å². The predicted molar refractivity (Wildman–Crippen MR) is 187 cm³/mol. The number of pyridine rings is 1.